The molecule has 0 spiro atoms. The Morgan fingerprint density at radius 2 is 1.92 bits per heavy atom. The zero-order valence-corrected chi connectivity index (χ0v) is 7.87. The highest BCUT2D eigenvalue weighted by Gasteiger charge is 2.10. The van der Waals surface area contributed by atoms with Crippen molar-refractivity contribution >= 4 is 0 Å². The molecule has 68 valence electrons. The Bertz CT molecular complexity index is 243. The van der Waals surface area contributed by atoms with E-state index in [1.165, 1.54) is 0 Å². The van der Waals surface area contributed by atoms with Crippen LogP contribution >= 0.6 is 0 Å². The van der Waals surface area contributed by atoms with Gasteiger partial charge in [-0.15, -0.1) is 0 Å². The molecule has 0 N–H and O–H groups in total. The molecule has 0 saturated carbocycles. The number of hydrogen-bond donors (Lipinski definition) is 0. The fourth-order valence-electron chi connectivity index (χ4n) is 0.714. The molecule has 0 aromatic carbocycles. The summed E-state index contributed by atoms with van der Waals surface area (Å²) in [5.74, 6) is 0.868. The Labute approximate surface area is 71.9 Å². The van der Waals surface area contributed by atoms with E-state index in [4.69, 9.17) is 9.26 Å². The molecule has 12 heavy (non-hydrogen) atoms. The summed E-state index contributed by atoms with van der Waals surface area (Å²) in [5, 5.41) is 3.67. The van der Waals surface area contributed by atoms with Crippen molar-refractivity contribution in [1.82, 2.24) is 10.1 Å². The third kappa shape index (κ3) is 2.22. The van der Waals surface area contributed by atoms with Crippen LogP contribution in [0.1, 0.15) is 39.5 Å². The summed E-state index contributed by atoms with van der Waals surface area (Å²) in [5.41, 5.74) is 0. The highest BCUT2D eigenvalue weighted by molar-refractivity contribution is 4.94. The maximum atomic E-state index is 5.23. The predicted octanol–water partition coefficient (Wildman–Crippen LogP) is 1.98. The van der Waals surface area contributed by atoms with Gasteiger partial charge in [-0.1, -0.05) is 13.8 Å². The van der Waals surface area contributed by atoms with Crippen molar-refractivity contribution in [2.24, 2.45) is 0 Å². The van der Waals surface area contributed by atoms with Crippen molar-refractivity contribution in [1.29, 1.82) is 0 Å². The molecule has 0 aliphatic rings. The lowest BCUT2D eigenvalue weighted by Gasteiger charge is -2.01. The molecule has 1 aromatic heterocycles. The van der Waals surface area contributed by atoms with E-state index < -0.39 is 0 Å². The summed E-state index contributed by atoms with van der Waals surface area (Å²) in [6.07, 6.45) is 0.0858. The quantitative estimate of drug-likeness (QED) is 0.695. The molecule has 4 heteroatoms. The second kappa shape index (κ2) is 3.56. The minimum atomic E-state index is 0.0858. The van der Waals surface area contributed by atoms with E-state index in [-0.39, 0.29) is 12.0 Å². The molecular formula is C8H14N2O2. The van der Waals surface area contributed by atoms with Gasteiger partial charge in [0.05, 0.1) is 6.10 Å². The lowest BCUT2D eigenvalue weighted by Crippen LogP contribution is -2.06. The minimum Gasteiger partial charge on any atom is -0.459 e. The maximum Gasteiger partial charge on any atom is 0.354 e. The van der Waals surface area contributed by atoms with Gasteiger partial charge in [0, 0.05) is 5.92 Å². The fraction of sp³-hybridized carbons (Fsp3) is 0.750. The first-order valence-corrected chi connectivity index (χ1v) is 4.10. The van der Waals surface area contributed by atoms with Crippen LogP contribution < -0.4 is 4.74 Å². The summed E-state index contributed by atoms with van der Waals surface area (Å²) in [6, 6.07) is 0.328. The van der Waals surface area contributed by atoms with Gasteiger partial charge in [-0.3, -0.25) is 0 Å². The van der Waals surface area contributed by atoms with E-state index in [0.29, 0.717) is 11.9 Å². The maximum absolute atomic E-state index is 5.23. The van der Waals surface area contributed by atoms with Crippen LogP contribution in [0.4, 0.5) is 0 Å². The average molecular weight is 170 g/mol. The highest BCUT2D eigenvalue weighted by Crippen LogP contribution is 2.14. The number of ether oxygens (including phenoxy) is 1. The van der Waals surface area contributed by atoms with E-state index in [9.17, 15) is 0 Å². The van der Waals surface area contributed by atoms with Gasteiger partial charge in [0.15, 0.2) is 0 Å². The average Bonchev–Trinajstić information content (AvgIpc) is 2.34. The van der Waals surface area contributed by atoms with E-state index >= 15 is 0 Å². The van der Waals surface area contributed by atoms with Crippen molar-refractivity contribution in [3.05, 3.63) is 5.89 Å². The Morgan fingerprint density at radius 1 is 1.25 bits per heavy atom. The highest BCUT2D eigenvalue weighted by atomic mass is 16.6. The van der Waals surface area contributed by atoms with Gasteiger partial charge in [-0.25, -0.2) is 0 Å². The first kappa shape index (κ1) is 9.03. The molecule has 0 amide bonds. The summed E-state index contributed by atoms with van der Waals surface area (Å²) >= 11 is 0. The van der Waals surface area contributed by atoms with Crippen LogP contribution in [0.5, 0.6) is 6.01 Å². The third-order valence-corrected chi connectivity index (χ3v) is 1.26. The molecular weight excluding hydrogens is 156 g/mol. The predicted molar refractivity (Wildman–Crippen MR) is 44.2 cm³/mol. The van der Waals surface area contributed by atoms with Gasteiger partial charge in [0.2, 0.25) is 5.89 Å². The lowest BCUT2D eigenvalue weighted by atomic mass is 10.2. The first-order valence-electron chi connectivity index (χ1n) is 4.10. The molecule has 0 aliphatic carbocycles. The Kier molecular flexibility index (Phi) is 2.68. The summed E-state index contributed by atoms with van der Waals surface area (Å²) < 4.78 is 10.2. The van der Waals surface area contributed by atoms with Crippen molar-refractivity contribution in [2.75, 3.05) is 0 Å². The topological polar surface area (TPSA) is 48.2 Å². The van der Waals surface area contributed by atoms with Crippen molar-refractivity contribution in [3.8, 4) is 6.01 Å². The van der Waals surface area contributed by atoms with E-state index in [1.807, 2.05) is 27.7 Å². The summed E-state index contributed by atoms with van der Waals surface area (Å²) in [4.78, 5) is 4.05. The number of aromatic nitrogens is 2. The van der Waals surface area contributed by atoms with Gasteiger partial charge in [-0.05, 0) is 19.0 Å². The molecule has 4 nitrogen and oxygen atoms in total. The molecule has 0 unspecified atom stereocenters. The molecule has 0 atom stereocenters. The molecule has 0 aliphatic heterocycles. The SMILES string of the molecule is CC(C)Oc1noc(C(C)C)n1. The zero-order chi connectivity index (χ0) is 9.14. The normalized spacial score (nSPS) is 11.2. The molecule has 1 rings (SSSR count). The number of rotatable bonds is 3. The largest absolute Gasteiger partial charge is 0.459 e. The summed E-state index contributed by atoms with van der Waals surface area (Å²) in [7, 11) is 0. The van der Waals surface area contributed by atoms with E-state index in [0.717, 1.165) is 0 Å². The molecule has 0 fully saturated rings. The van der Waals surface area contributed by atoms with Crippen molar-refractivity contribution in [2.45, 2.75) is 39.7 Å². The number of hydrogen-bond acceptors (Lipinski definition) is 4. The molecule has 0 radical (unpaired) electrons. The van der Waals surface area contributed by atoms with Gasteiger partial charge in [-0.2, -0.15) is 4.98 Å². The second-order valence-corrected chi connectivity index (χ2v) is 3.24. The van der Waals surface area contributed by atoms with Gasteiger partial charge in [0.25, 0.3) is 0 Å². The van der Waals surface area contributed by atoms with Crippen molar-refractivity contribution < 1.29 is 9.26 Å². The number of nitrogens with zero attached hydrogens (tertiary/aromatic N) is 2. The van der Waals surface area contributed by atoms with Crippen LogP contribution in [-0.2, 0) is 0 Å². The Morgan fingerprint density at radius 3 is 2.33 bits per heavy atom. The second-order valence-electron chi connectivity index (χ2n) is 3.24. The standard InChI is InChI=1S/C8H14N2O2/c1-5(2)7-9-8(10-12-7)11-6(3)4/h5-6H,1-4H3. The molecule has 1 heterocycles. The van der Waals surface area contributed by atoms with Crippen LogP contribution in [0.25, 0.3) is 0 Å². The van der Waals surface area contributed by atoms with Gasteiger partial charge < -0.3 is 9.26 Å². The van der Waals surface area contributed by atoms with Crippen LogP contribution in [0.15, 0.2) is 4.52 Å². The van der Waals surface area contributed by atoms with Crippen LogP contribution in [-0.4, -0.2) is 16.2 Å². The Hall–Kier alpha value is -1.06. The van der Waals surface area contributed by atoms with Crippen LogP contribution in [0.2, 0.25) is 0 Å². The van der Waals surface area contributed by atoms with Crippen LogP contribution in [0, 0.1) is 0 Å². The fourth-order valence-corrected chi connectivity index (χ4v) is 0.714. The van der Waals surface area contributed by atoms with Crippen LogP contribution in [0.3, 0.4) is 0 Å². The molecule has 0 saturated heterocycles. The monoisotopic (exact) mass is 170 g/mol. The van der Waals surface area contributed by atoms with E-state index in [2.05, 4.69) is 10.1 Å². The minimum absolute atomic E-state index is 0.0858. The zero-order valence-electron chi connectivity index (χ0n) is 7.87. The smallest absolute Gasteiger partial charge is 0.354 e. The molecule has 1 aromatic rings. The first-order chi connectivity index (χ1) is 5.59. The van der Waals surface area contributed by atoms with E-state index in [1.54, 1.807) is 0 Å². The Balaban J connectivity index is 2.64. The van der Waals surface area contributed by atoms with Crippen molar-refractivity contribution in [3.63, 3.8) is 0 Å². The lowest BCUT2D eigenvalue weighted by molar-refractivity contribution is 0.211. The third-order valence-electron chi connectivity index (χ3n) is 1.26. The van der Waals surface area contributed by atoms with Gasteiger partial charge in [0.1, 0.15) is 0 Å². The summed E-state index contributed by atoms with van der Waals surface area (Å²) in [6.45, 7) is 7.83. The van der Waals surface area contributed by atoms with Gasteiger partial charge >= 0.3 is 6.01 Å². The molecule has 0 bridgehead atoms.